The Morgan fingerprint density at radius 2 is 2.18 bits per heavy atom. The first kappa shape index (κ1) is 10.2. The van der Waals surface area contributed by atoms with Gasteiger partial charge >= 0.3 is 0 Å². The van der Waals surface area contributed by atoms with E-state index in [0.717, 1.165) is 6.26 Å². The topological polar surface area (TPSA) is 57.9 Å². The van der Waals surface area contributed by atoms with E-state index in [1.165, 1.54) is 13.0 Å². The Morgan fingerprint density at radius 3 is 2.27 bits per heavy atom. The minimum Gasteiger partial charge on any atom is -0.227 e. The summed E-state index contributed by atoms with van der Waals surface area (Å²) in [6.07, 6.45) is 2.66. The van der Waals surface area contributed by atoms with Crippen LogP contribution in [0.25, 0.3) is 0 Å². The zero-order valence-corrected chi connectivity index (χ0v) is 7.48. The zero-order chi connectivity index (χ0) is 9.12. The molecule has 0 saturated carbocycles. The Morgan fingerprint density at radius 1 is 1.73 bits per heavy atom. The lowest BCUT2D eigenvalue weighted by Gasteiger charge is -2.16. The van der Waals surface area contributed by atoms with Crippen molar-refractivity contribution in [3.63, 3.8) is 0 Å². The van der Waals surface area contributed by atoms with Gasteiger partial charge < -0.3 is 0 Å². The van der Waals surface area contributed by atoms with Gasteiger partial charge in [0, 0.05) is 6.26 Å². The van der Waals surface area contributed by atoms with Crippen LogP contribution in [-0.4, -0.2) is 19.4 Å². The van der Waals surface area contributed by atoms with Crippen molar-refractivity contribution >= 4 is 9.84 Å². The number of hydrogen-bond donors (Lipinski definition) is 0. The van der Waals surface area contributed by atoms with Crippen molar-refractivity contribution in [3.8, 4) is 6.07 Å². The predicted octanol–water partition coefficient (Wildman–Crippen LogP) is 0.889. The zero-order valence-electron chi connectivity index (χ0n) is 6.66. The van der Waals surface area contributed by atoms with Crippen LogP contribution in [-0.2, 0) is 9.84 Å². The first-order valence-corrected chi connectivity index (χ1v) is 4.98. The van der Waals surface area contributed by atoms with Crippen molar-refractivity contribution in [2.45, 2.75) is 18.1 Å². The highest BCUT2D eigenvalue weighted by Crippen LogP contribution is 2.19. The molecule has 1 atom stereocenters. The molecule has 0 bridgehead atoms. The molecular weight excluding hydrogens is 162 g/mol. The van der Waals surface area contributed by atoms with Gasteiger partial charge in [0.15, 0.2) is 14.6 Å². The Bertz CT molecular complexity index is 286. The maximum atomic E-state index is 11.0. The van der Waals surface area contributed by atoms with Gasteiger partial charge in [0.05, 0.1) is 6.07 Å². The smallest absolute Gasteiger partial charge is 0.166 e. The molecular formula is C7H11NO2S. The van der Waals surface area contributed by atoms with E-state index in [1.807, 2.05) is 0 Å². The van der Waals surface area contributed by atoms with E-state index in [1.54, 1.807) is 6.07 Å². The predicted molar refractivity (Wildman–Crippen MR) is 43.7 cm³/mol. The van der Waals surface area contributed by atoms with Crippen molar-refractivity contribution in [2.24, 2.45) is 0 Å². The lowest BCUT2D eigenvalue weighted by atomic mass is 10.1. The van der Waals surface area contributed by atoms with Crippen LogP contribution in [0.3, 0.4) is 0 Å². The van der Waals surface area contributed by atoms with Crippen molar-refractivity contribution in [1.29, 1.82) is 5.26 Å². The second kappa shape index (κ2) is 3.05. The molecule has 1 unspecified atom stereocenters. The fourth-order valence-electron chi connectivity index (χ4n) is 0.555. The average Bonchev–Trinajstić information content (AvgIpc) is 1.86. The molecule has 4 heteroatoms. The molecule has 0 rings (SSSR count). The Hall–Kier alpha value is -0.820. The molecule has 0 heterocycles. The van der Waals surface area contributed by atoms with Crippen molar-refractivity contribution in [2.75, 3.05) is 6.26 Å². The van der Waals surface area contributed by atoms with Crippen molar-refractivity contribution < 1.29 is 8.42 Å². The van der Waals surface area contributed by atoms with Crippen LogP contribution in [0.15, 0.2) is 12.7 Å². The highest BCUT2D eigenvalue weighted by Gasteiger charge is 2.34. The number of nitrogens with zero attached hydrogens (tertiary/aromatic N) is 1. The maximum absolute atomic E-state index is 11.0. The number of rotatable bonds is 3. The average molecular weight is 173 g/mol. The highest BCUT2D eigenvalue weighted by molar-refractivity contribution is 7.92. The second-order valence-corrected chi connectivity index (χ2v) is 5.05. The van der Waals surface area contributed by atoms with Gasteiger partial charge in [-0.1, -0.05) is 6.08 Å². The Labute approximate surface area is 67.3 Å². The van der Waals surface area contributed by atoms with Gasteiger partial charge in [0.1, 0.15) is 0 Å². The second-order valence-electron chi connectivity index (χ2n) is 2.61. The van der Waals surface area contributed by atoms with E-state index in [4.69, 9.17) is 5.26 Å². The summed E-state index contributed by atoms with van der Waals surface area (Å²) < 4.78 is 20.7. The van der Waals surface area contributed by atoms with Crippen LogP contribution in [0.5, 0.6) is 0 Å². The van der Waals surface area contributed by atoms with Crippen LogP contribution < -0.4 is 0 Å². The van der Waals surface area contributed by atoms with Gasteiger partial charge in [-0.05, 0) is 13.3 Å². The van der Waals surface area contributed by atoms with E-state index >= 15 is 0 Å². The van der Waals surface area contributed by atoms with Crippen LogP contribution in [0.1, 0.15) is 13.3 Å². The van der Waals surface area contributed by atoms with E-state index < -0.39 is 14.6 Å². The molecule has 0 aliphatic rings. The van der Waals surface area contributed by atoms with Gasteiger partial charge in [-0.25, -0.2) is 8.42 Å². The van der Waals surface area contributed by atoms with Crippen LogP contribution in [0.2, 0.25) is 0 Å². The fourth-order valence-corrected chi connectivity index (χ4v) is 1.14. The van der Waals surface area contributed by atoms with Gasteiger partial charge in [0.25, 0.3) is 0 Å². The van der Waals surface area contributed by atoms with E-state index in [-0.39, 0.29) is 6.42 Å². The first-order valence-electron chi connectivity index (χ1n) is 3.09. The first-order chi connectivity index (χ1) is 4.87. The summed E-state index contributed by atoms with van der Waals surface area (Å²) in [4.78, 5) is 0. The monoisotopic (exact) mass is 173 g/mol. The number of nitriles is 1. The molecule has 0 amide bonds. The minimum atomic E-state index is -3.31. The standard InChI is InChI=1S/C7H11NO2S/c1-4-5-7(2,6-8)11(3,9)10/h4H,1,5H2,2-3H3. The maximum Gasteiger partial charge on any atom is 0.166 e. The van der Waals surface area contributed by atoms with Crippen LogP contribution in [0, 0.1) is 11.3 Å². The molecule has 0 aromatic carbocycles. The van der Waals surface area contributed by atoms with E-state index in [0.29, 0.717) is 0 Å². The molecule has 0 saturated heterocycles. The van der Waals surface area contributed by atoms with Crippen molar-refractivity contribution in [1.82, 2.24) is 0 Å². The minimum absolute atomic E-state index is 0.169. The number of hydrogen-bond acceptors (Lipinski definition) is 3. The van der Waals surface area contributed by atoms with Gasteiger partial charge in [-0.3, -0.25) is 0 Å². The molecule has 3 nitrogen and oxygen atoms in total. The summed E-state index contributed by atoms with van der Waals surface area (Å²) >= 11 is 0. The van der Waals surface area contributed by atoms with Gasteiger partial charge in [-0.2, -0.15) is 5.26 Å². The molecule has 0 N–H and O–H groups in total. The summed E-state index contributed by atoms with van der Waals surface area (Å²) in [5, 5.41) is 8.58. The molecule has 62 valence electrons. The summed E-state index contributed by atoms with van der Waals surface area (Å²) in [7, 11) is -3.31. The third-order valence-corrected chi connectivity index (χ3v) is 3.48. The molecule has 11 heavy (non-hydrogen) atoms. The summed E-state index contributed by atoms with van der Waals surface area (Å²) in [5.41, 5.74) is 0. The van der Waals surface area contributed by atoms with E-state index in [9.17, 15) is 8.42 Å². The van der Waals surface area contributed by atoms with Gasteiger partial charge in [0.2, 0.25) is 0 Å². The molecule has 0 aliphatic heterocycles. The van der Waals surface area contributed by atoms with Gasteiger partial charge in [-0.15, -0.1) is 6.58 Å². The molecule has 0 fully saturated rings. The molecule has 0 aromatic heterocycles. The lowest BCUT2D eigenvalue weighted by Crippen LogP contribution is -2.31. The molecule has 0 aromatic rings. The third kappa shape index (κ3) is 2.05. The molecule has 0 aliphatic carbocycles. The quantitative estimate of drug-likeness (QED) is 0.595. The Balaban J connectivity index is 4.95. The Kier molecular flexibility index (Phi) is 2.83. The largest absolute Gasteiger partial charge is 0.227 e. The summed E-state index contributed by atoms with van der Waals surface area (Å²) in [6, 6.07) is 1.76. The highest BCUT2D eigenvalue weighted by atomic mass is 32.2. The lowest BCUT2D eigenvalue weighted by molar-refractivity contribution is 0.573. The summed E-state index contributed by atoms with van der Waals surface area (Å²) in [6.45, 7) is 4.78. The SMILES string of the molecule is C=CCC(C)(C#N)S(C)(=O)=O. The molecule has 0 radical (unpaired) electrons. The number of allylic oxidation sites excluding steroid dienone is 1. The number of sulfone groups is 1. The normalized spacial score (nSPS) is 16.5. The van der Waals surface area contributed by atoms with Crippen molar-refractivity contribution in [3.05, 3.63) is 12.7 Å². The summed E-state index contributed by atoms with van der Waals surface area (Å²) in [5.74, 6) is 0. The van der Waals surface area contributed by atoms with Crippen LogP contribution >= 0.6 is 0 Å². The fraction of sp³-hybridized carbons (Fsp3) is 0.571. The molecule has 0 spiro atoms. The van der Waals surface area contributed by atoms with E-state index in [2.05, 4.69) is 6.58 Å². The third-order valence-electron chi connectivity index (χ3n) is 1.59. The van der Waals surface area contributed by atoms with Crippen LogP contribution in [0.4, 0.5) is 0 Å².